The van der Waals surface area contributed by atoms with Gasteiger partial charge in [0.25, 0.3) is 0 Å². The normalized spacial score (nSPS) is 9.18. The van der Waals surface area contributed by atoms with Crippen molar-refractivity contribution in [3.8, 4) is 0 Å². The zero-order chi connectivity index (χ0) is 8.10. The Morgan fingerprint density at radius 3 is 3.00 bits per heavy atom. The van der Waals surface area contributed by atoms with E-state index >= 15 is 0 Å². The molecule has 0 atom stereocenters. The molecule has 0 aliphatic heterocycles. The lowest BCUT2D eigenvalue weighted by atomic mass is 10.3. The van der Waals surface area contributed by atoms with Gasteiger partial charge in [-0.25, -0.2) is 0 Å². The molecule has 0 saturated heterocycles. The summed E-state index contributed by atoms with van der Waals surface area (Å²) in [6.45, 7) is 0.545. The van der Waals surface area contributed by atoms with Crippen molar-refractivity contribution in [1.29, 1.82) is 0 Å². The molecule has 0 unspecified atom stereocenters. The van der Waals surface area contributed by atoms with E-state index in [9.17, 15) is 0 Å². The number of thiophene rings is 1. The van der Waals surface area contributed by atoms with Gasteiger partial charge in [-0.2, -0.15) is 0 Å². The Labute approximate surface area is 76.8 Å². The molecule has 0 radical (unpaired) electrons. The predicted octanol–water partition coefficient (Wildman–Crippen LogP) is 3.36. The van der Waals surface area contributed by atoms with E-state index in [1.54, 1.807) is 11.3 Å². The van der Waals surface area contributed by atoms with E-state index in [1.165, 1.54) is 4.88 Å². The highest BCUT2D eigenvalue weighted by atomic mass is 79.9. The van der Waals surface area contributed by atoms with Crippen molar-refractivity contribution in [1.82, 2.24) is 0 Å². The van der Waals surface area contributed by atoms with Crippen molar-refractivity contribution >= 4 is 27.3 Å². The van der Waals surface area contributed by atoms with Crippen molar-refractivity contribution in [2.24, 2.45) is 5.11 Å². The largest absolute Gasteiger partial charge is 0.133 e. The average molecular weight is 232 g/mol. The zero-order valence-electron chi connectivity index (χ0n) is 5.70. The summed E-state index contributed by atoms with van der Waals surface area (Å²) >= 11 is 5.03. The lowest BCUT2D eigenvalue weighted by molar-refractivity contribution is 0.974. The molecule has 1 rings (SSSR count). The molecule has 0 amide bonds. The molecule has 0 fully saturated rings. The summed E-state index contributed by atoms with van der Waals surface area (Å²) in [4.78, 5) is 3.92. The van der Waals surface area contributed by atoms with E-state index in [2.05, 4.69) is 26.0 Å². The minimum atomic E-state index is 0.545. The van der Waals surface area contributed by atoms with Crippen molar-refractivity contribution in [2.75, 3.05) is 6.54 Å². The molecule has 58 valence electrons. The van der Waals surface area contributed by atoms with Crippen LogP contribution in [0.1, 0.15) is 4.88 Å². The van der Waals surface area contributed by atoms with Crippen LogP contribution in [0.3, 0.4) is 0 Å². The van der Waals surface area contributed by atoms with Crippen molar-refractivity contribution in [3.63, 3.8) is 0 Å². The maximum absolute atomic E-state index is 8.00. The highest BCUT2D eigenvalue weighted by Gasteiger charge is 1.95. The molecule has 0 spiro atoms. The second-order valence-electron chi connectivity index (χ2n) is 1.91. The number of nitrogens with zero attached hydrogens (tertiary/aromatic N) is 3. The molecule has 1 heterocycles. The van der Waals surface area contributed by atoms with Crippen LogP contribution in [0.15, 0.2) is 21.0 Å². The molecule has 0 bridgehead atoms. The molecule has 11 heavy (non-hydrogen) atoms. The van der Waals surface area contributed by atoms with Gasteiger partial charge in [0.2, 0.25) is 0 Å². The fourth-order valence-electron chi connectivity index (χ4n) is 0.691. The molecular formula is C6H6BrN3S. The molecule has 0 N–H and O–H groups in total. The summed E-state index contributed by atoms with van der Waals surface area (Å²) < 4.78 is 1.12. The topological polar surface area (TPSA) is 48.8 Å². The summed E-state index contributed by atoms with van der Waals surface area (Å²) in [6.07, 6.45) is 0.834. The first-order valence-corrected chi connectivity index (χ1v) is 4.69. The first kappa shape index (κ1) is 8.59. The molecule has 5 heteroatoms. The Hall–Kier alpha value is -0.510. The number of hydrogen-bond acceptors (Lipinski definition) is 2. The van der Waals surface area contributed by atoms with Gasteiger partial charge < -0.3 is 0 Å². The Morgan fingerprint density at radius 1 is 1.64 bits per heavy atom. The minimum absolute atomic E-state index is 0.545. The Kier molecular flexibility index (Phi) is 3.42. The highest BCUT2D eigenvalue weighted by Crippen LogP contribution is 2.22. The molecule has 0 aliphatic rings. The molecule has 0 aliphatic carbocycles. The van der Waals surface area contributed by atoms with E-state index < -0.39 is 0 Å². The van der Waals surface area contributed by atoms with E-state index in [1.807, 2.05) is 12.1 Å². The second-order valence-corrected chi connectivity index (χ2v) is 4.46. The Balaban J connectivity index is 2.44. The number of halogens is 1. The summed E-state index contributed by atoms with van der Waals surface area (Å²) in [6, 6.07) is 4.03. The quantitative estimate of drug-likeness (QED) is 0.436. The van der Waals surface area contributed by atoms with Crippen molar-refractivity contribution in [3.05, 3.63) is 31.2 Å². The van der Waals surface area contributed by atoms with Gasteiger partial charge in [-0.05, 0) is 40.0 Å². The van der Waals surface area contributed by atoms with E-state index in [0.717, 1.165) is 10.2 Å². The fourth-order valence-corrected chi connectivity index (χ4v) is 2.16. The van der Waals surface area contributed by atoms with Crippen LogP contribution in [0, 0.1) is 0 Å². The SMILES string of the molecule is [N-]=[N+]=NCCc1ccc(Br)s1. The van der Waals surface area contributed by atoms with Gasteiger partial charge in [0, 0.05) is 16.3 Å². The van der Waals surface area contributed by atoms with Crippen LogP contribution in [0.25, 0.3) is 10.4 Å². The van der Waals surface area contributed by atoms with Gasteiger partial charge in [0.1, 0.15) is 0 Å². The lowest BCUT2D eigenvalue weighted by Gasteiger charge is -1.87. The van der Waals surface area contributed by atoms with Gasteiger partial charge in [-0.1, -0.05) is 5.11 Å². The van der Waals surface area contributed by atoms with Gasteiger partial charge in [0.15, 0.2) is 0 Å². The first-order valence-electron chi connectivity index (χ1n) is 3.08. The van der Waals surface area contributed by atoms with Crippen LogP contribution in [0.2, 0.25) is 0 Å². The van der Waals surface area contributed by atoms with Crippen LogP contribution in [-0.2, 0) is 6.42 Å². The summed E-state index contributed by atoms with van der Waals surface area (Å²) in [5, 5.41) is 3.45. The minimum Gasteiger partial charge on any atom is -0.133 e. The second kappa shape index (κ2) is 4.38. The maximum atomic E-state index is 8.00. The molecular weight excluding hydrogens is 226 g/mol. The summed E-state index contributed by atoms with van der Waals surface area (Å²) in [5.41, 5.74) is 8.00. The Morgan fingerprint density at radius 2 is 2.45 bits per heavy atom. The first-order chi connectivity index (χ1) is 5.33. The molecule has 0 saturated carbocycles. The standard InChI is InChI=1S/C6H6BrN3S/c7-6-2-1-5(11-6)3-4-9-10-8/h1-2H,3-4H2. The van der Waals surface area contributed by atoms with Gasteiger partial charge in [-0.15, -0.1) is 11.3 Å². The van der Waals surface area contributed by atoms with E-state index in [-0.39, 0.29) is 0 Å². The molecule has 1 aromatic heterocycles. The van der Waals surface area contributed by atoms with Crippen LogP contribution < -0.4 is 0 Å². The third-order valence-electron chi connectivity index (χ3n) is 1.15. The van der Waals surface area contributed by atoms with Crippen LogP contribution in [0.5, 0.6) is 0 Å². The van der Waals surface area contributed by atoms with Gasteiger partial charge in [0.05, 0.1) is 3.79 Å². The summed E-state index contributed by atoms with van der Waals surface area (Å²) in [5.74, 6) is 0. The van der Waals surface area contributed by atoms with Crippen molar-refractivity contribution < 1.29 is 0 Å². The van der Waals surface area contributed by atoms with Gasteiger partial charge >= 0.3 is 0 Å². The average Bonchev–Trinajstić information content (AvgIpc) is 2.37. The Bertz CT molecular complexity index is 277. The van der Waals surface area contributed by atoms with Crippen LogP contribution in [-0.4, -0.2) is 6.54 Å². The number of azide groups is 1. The maximum Gasteiger partial charge on any atom is 0.0701 e. The van der Waals surface area contributed by atoms with Gasteiger partial charge in [-0.3, -0.25) is 0 Å². The number of hydrogen-bond donors (Lipinski definition) is 0. The van der Waals surface area contributed by atoms with E-state index in [4.69, 9.17) is 5.53 Å². The van der Waals surface area contributed by atoms with Crippen molar-refractivity contribution in [2.45, 2.75) is 6.42 Å². The number of rotatable bonds is 3. The third kappa shape index (κ3) is 2.93. The smallest absolute Gasteiger partial charge is 0.0701 e. The predicted molar refractivity (Wildman–Crippen MR) is 49.7 cm³/mol. The monoisotopic (exact) mass is 231 g/mol. The molecule has 1 aromatic rings. The lowest BCUT2D eigenvalue weighted by Crippen LogP contribution is -1.81. The van der Waals surface area contributed by atoms with Crippen LogP contribution in [0.4, 0.5) is 0 Å². The summed E-state index contributed by atoms with van der Waals surface area (Å²) in [7, 11) is 0. The molecule has 3 nitrogen and oxygen atoms in total. The fraction of sp³-hybridized carbons (Fsp3) is 0.333. The third-order valence-corrected chi connectivity index (χ3v) is 2.83. The van der Waals surface area contributed by atoms with E-state index in [0.29, 0.717) is 6.54 Å². The van der Waals surface area contributed by atoms with Crippen LogP contribution >= 0.6 is 27.3 Å². The molecule has 0 aromatic carbocycles. The zero-order valence-corrected chi connectivity index (χ0v) is 8.10. The highest BCUT2D eigenvalue weighted by molar-refractivity contribution is 9.11.